The van der Waals surface area contributed by atoms with Crippen LogP contribution in [0.25, 0.3) is 11.1 Å². The van der Waals surface area contributed by atoms with Gasteiger partial charge in [0.1, 0.15) is 12.3 Å². The molecule has 2 aromatic rings. The van der Waals surface area contributed by atoms with Gasteiger partial charge in [0.05, 0.1) is 24.4 Å². The van der Waals surface area contributed by atoms with Gasteiger partial charge < -0.3 is 19.4 Å². The average molecular weight is 252 g/mol. The summed E-state index contributed by atoms with van der Waals surface area (Å²) in [5.41, 5.74) is -0.234. The lowest BCUT2D eigenvalue weighted by Gasteiger charge is -2.13. The minimum Gasteiger partial charge on any atom is -0.446 e. The SMILES string of the molecule is O=c1nc2occc2cn1[C@H]1C[C@H](O)[C@@H](CO)O1. The molecule has 96 valence electrons. The molecule has 1 aliphatic rings. The molecule has 2 aromatic heterocycles. The Hall–Kier alpha value is -1.70. The van der Waals surface area contributed by atoms with Gasteiger partial charge in [0.25, 0.3) is 0 Å². The molecule has 1 aliphatic heterocycles. The molecule has 18 heavy (non-hydrogen) atoms. The van der Waals surface area contributed by atoms with E-state index in [4.69, 9.17) is 14.3 Å². The van der Waals surface area contributed by atoms with E-state index in [9.17, 15) is 9.90 Å². The molecule has 3 atom stereocenters. The van der Waals surface area contributed by atoms with Crippen LogP contribution >= 0.6 is 0 Å². The van der Waals surface area contributed by atoms with Crippen LogP contribution in [-0.2, 0) is 4.74 Å². The number of fused-ring (bicyclic) bond motifs is 1. The van der Waals surface area contributed by atoms with Crippen LogP contribution in [0.2, 0.25) is 0 Å². The van der Waals surface area contributed by atoms with E-state index in [-0.39, 0.29) is 18.7 Å². The maximum absolute atomic E-state index is 11.8. The lowest BCUT2D eigenvalue weighted by molar-refractivity contribution is -0.0457. The highest BCUT2D eigenvalue weighted by Gasteiger charge is 2.35. The van der Waals surface area contributed by atoms with Gasteiger partial charge in [0.2, 0.25) is 5.71 Å². The zero-order valence-electron chi connectivity index (χ0n) is 9.39. The highest BCUT2D eigenvalue weighted by molar-refractivity contribution is 5.71. The fourth-order valence-corrected chi connectivity index (χ4v) is 2.11. The van der Waals surface area contributed by atoms with Crippen molar-refractivity contribution in [3.05, 3.63) is 29.0 Å². The summed E-state index contributed by atoms with van der Waals surface area (Å²) in [5.74, 6) is 0. The Bertz CT molecular complexity index is 619. The zero-order chi connectivity index (χ0) is 12.7. The van der Waals surface area contributed by atoms with Gasteiger partial charge in [-0.15, -0.1) is 0 Å². The van der Waals surface area contributed by atoms with Crippen molar-refractivity contribution in [2.24, 2.45) is 0 Å². The summed E-state index contributed by atoms with van der Waals surface area (Å²) in [6, 6.07) is 1.69. The Labute approximate surface area is 101 Å². The Balaban J connectivity index is 1.99. The number of aliphatic hydroxyl groups is 2. The first-order valence-electron chi connectivity index (χ1n) is 5.60. The number of ether oxygens (including phenoxy) is 1. The van der Waals surface area contributed by atoms with Crippen LogP contribution < -0.4 is 5.69 Å². The van der Waals surface area contributed by atoms with Crippen molar-refractivity contribution < 1.29 is 19.4 Å². The lowest BCUT2D eigenvalue weighted by Crippen LogP contribution is -2.27. The molecule has 0 unspecified atom stereocenters. The fourth-order valence-electron chi connectivity index (χ4n) is 2.11. The maximum atomic E-state index is 11.8. The molecule has 0 aliphatic carbocycles. The van der Waals surface area contributed by atoms with Gasteiger partial charge in [-0.1, -0.05) is 0 Å². The molecule has 3 rings (SSSR count). The second kappa shape index (κ2) is 4.20. The van der Waals surface area contributed by atoms with Gasteiger partial charge in [0, 0.05) is 12.6 Å². The molecule has 0 aromatic carbocycles. The van der Waals surface area contributed by atoms with Gasteiger partial charge in [-0.2, -0.15) is 4.98 Å². The first-order valence-corrected chi connectivity index (χ1v) is 5.60. The minimum atomic E-state index is -0.785. The number of hydrogen-bond acceptors (Lipinski definition) is 6. The topological polar surface area (TPSA) is 97.7 Å². The predicted molar refractivity (Wildman–Crippen MR) is 59.9 cm³/mol. The van der Waals surface area contributed by atoms with Crippen LogP contribution in [0.15, 0.2) is 27.7 Å². The van der Waals surface area contributed by atoms with Crippen molar-refractivity contribution in [2.75, 3.05) is 6.61 Å². The van der Waals surface area contributed by atoms with Crippen LogP contribution in [0, 0.1) is 0 Å². The van der Waals surface area contributed by atoms with Crippen LogP contribution in [0.5, 0.6) is 0 Å². The largest absolute Gasteiger partial charge is 0.446 e. The van der Waals surface area contributed by atoms with Crippen molar-refractivity contribution in [3.63, 3.8) is 0 Å². The first-order chi connectivity index (χ1) is 8.69. The number of furan rings is 1. The molecule has 0 radical (unpaired) electrons. The molecule has 0 amide bonds. The summed E-state index contributed by atoms with van der Waals surface area (Å²) in [5, 5.41) is 19.3. The summed E-state index contributed by atoms with van der Waals surface area (Å²) in [6.45, 7) is -0.284. The number of rotatable bonds is 2. The highest BCUT2D eigenvalue weighted by atomic mass is 16.5. The van der Waals surface area contributed by atoms with Crippen LogP contribution in [-0.4, -0.2) is 38.6 Å². The predicted octanol–water partition coefficient (Wildman–Crippen LogP) is -0.370. The van der Waals surface area contributed by atoms with E-state index in [0.717, 1.165) is 0 Å². The van der Waals surface area contributed by atoms with E-state index in [1.165, 1.54) is 10.8 Å². The number of nitrogens with zero attached hydrogens (tertiary/aromatic N) is 2. The molecule has 0 spiro atoms. The Kier molecular flexibility index (Phi) is 2.66. The van der Waals surface area contributed by atoms with Gasteiger partial charge in [-0.25, -0.2) is 4.79 Å². The molecular formula is C11H12N2O5. The third-order valence-corrected chi connectivity index (χ3v) is 3.06. The van der Waals surface area contributed by atoms with Crippen LogP contribution in [0.4, 0.5) is 0 Å². The van der Waals surface area contributed by atoms with E-state index in [1.807, 2.05) is 0 Å². The Morgan fingerprint density at radius 3 is 3.11 bits per heavy atom. The summed E-state index contributed by atoms with van der Waals surface area (Å²) in [7, 11) is 0. The van der Waals surface area contributed by atoms with E-state index in [0.29, 0.717) is 5.39 Å². The highest BCUT2D eigenvalue weighted by Crippen LogP contribution is 2.27. The number of aromatic nitrogens is 2. The third kappa shape index (κ3) is 1.72. The monoisotopic (exact) mass is 252 g/mol. The third-order valence-electron chi connectivity index (χ3n) is 3.06. The smallest absolute Gasteiger partial charge is 0.353 e. The van der Waals surface area contributed by atoms with E-state index in [2.05, 4.69) is 4.98 Å². The van der Waals surface area contributed by atoms with Crippen molar-refractivity contribution >= 4 is 11.1 Å². The summed E-state index contributed by atoms with van der Waals surface area (Å²) >= 11 is 0. The quantitative estimate of drug-likeness (QED) is 0.756. The van der Waals surface area contributed by atoms with Gasteiger partial charge in [-0.3, -0.25) is 4.57 Å². The average Bonchev–Trinajstić information content (AvgIpc) is 2.93. The van der Waals surface area contributed by atoms with Crippen LogP contribution in [0.3, 0.4) is 0 Å². The maximum Gasteiger partial charge on any atom is 0.353 e. The summed E-state index contributed by atoms with van der Waals surface area (Å²) in [4.78, 5) is 15.6. The van der Waals surface area contributed by atoms with Crippen molar-refractivity contribution in [1.29, 1.82) is 0 Å². The zero-order valence-corrected chi connectivity index (χ0v) is 9.39. The Morgan fingerprint density at radius 2 is 2.39 bits per heavy atom. The minimum absolute atomic E-state index is 0.246. The molecular weight excluding hydrogens is 240 g/mol. The van der Waals surface area contributed by atoms with Gasteiger partial charge >= 0.3 is 5.69 Å². The second-order valence-electron chi connectivity index (χ2n) is 4.23. The molecule has 7 nitrogen and oxygen atoms in total. The van der Waals surface area contributed by atoms with Crippen molar-refractivity contribution in [3.8, 4) is 0 Å². The molecule has 1 fully saturated rings. The van der Waals surface area contributed by atoms with E-state index < -0.39 is 24.1 Å². The normalized spacial score (nSPS) is 28.0. The van der Waals surface area contributed by atoms with E-state index >= 15 is 0 Å². The lowest BCUT2D eigenvalue weighted by atomic mass is 10.2. The fraction of sp³-hybridized carbons (Fsp3) is 0.455. The molecule has 1 saturated heterocycles. The first kappa shape index (κ1) is 11.4. The molecule has 0 bridgehead atoms. The standard InChI is InChI=1S/C11H12N2O5/c14-5-8-7(15)3-9(18-8)13-4-6-1-2-17-10(6)12-11(13)16/h1-2,4,7-9,14-15H,3,5H2/t7-,8+,9+/m0/s1. The molecule has 3 heterocycles. The second-order valence-corrected chi connectivity index (χ2v) is 4.23. The van der Waals surface area contributed by atoms with Gasteiger partial charge in [-0.05, 0) is 6.07 Å². The van der Waals surface area contributed by atoms with Crippen molar-refractivity contribution in [1.82, 2.24) is 9.55 Å². The number of hydrogen-bond donors (Lipinski definition) is 2. The molecule has 7 heteroatoms. The van der Waals surface area contributed by atoms with Crippen LogP contribution in [0.1, 0.15) is 12.6 Å². The summed E-state index contributed by atoms with van der Waals surface area (Å²) < 4.78 is 11.7. The molecule has 0 saturated carbocycles. The Morgan fingerprint density at radius 1 is 1.56 bits per heavy atom. The number of aliphatic hydroxyl groups excluding tert-OH is 2. The van der Waals surface area contributed by atoms with E-state index in [1.54, 1.807) is 12.3 Å². The van der Waals surface area contributed by atoms with Gasteiger partial charge in [0.15, 0.2) is 0 Å². The van der Waals surface area contributed by atoms with Crippen molar-refractivity contribution in [2.45, 2.75) is 24.9 Å². The molecule has 2 N–H and O–H groups in total. The summed E-state index contributed by atoms with van der Waals surface area (Å²) in [6.07, 6.45) is 1.20.